The van der Waals surface area contributed by atoms with Crippen LogP contribution in [0.15, 0.2) is 0 Å². The van der Waals surface area contributed by atoms with Crippen molar-refractivity contribution in [3.8, 4) is 0 Å². The summed E-state index contributed by atoms with van der Waals surface area (Å²) in [6, 6.07) is 0. The molecule has 0 amide bonds. The van der Waals surface area contributed by atoms with E-state index in [1.165, 1.54) is 0 Å². The van der Waals surface area contributed by atoms with E-state index in [9.17, 15) is 162 Å². The fraction of sp³-hybridized carbons (Fsp3) is 0.959. The summed E-state index contributed by atoms with van der Waals surface area (Å²) in [7, 11) is -6.11. The standard InChI is InChI=1S/C49H83O46P/c50-3-11(56)32-25(67)24(66)27(69)42(86-32)82-8-15(60)33-29(71)38(90-43-28(70)23(65)21(63)18(85-43)9-83-41-26(68)22(64)20(62)17(7-54)84-41)30(72)44(87-33)91-39-31(73)45(88-35(13(58)5-52)40(39)95-96(79,80)81)89-37-16(2-48(78,46(74)75)93-36(37)14(59)6-53)92-49(47(76)77)1-10(55)19(61)34(94-49)12(57)4-51/h10-45,50-73,78H,1-9H2,(H,74,75)(H,76,77)(H2,79,80,81)/t10-,11+,12-,13+,14-,15+,16+,17-,18-,19-,20+,21-,22+,23+,24+,25+,26-,27+,28-,29-,30+,31+,32-,33-,34-,35-,36-,37-,38+,39-,40-,41+,42+,43-,44-,45-,48-,49-/m1/s1. The van der Waals surface area contributed by atoms with Crippen LogP contribution in [-0.2, 0) is 80.3 Å². The van der Waals surface area contributed by atoms with Gasteiger partial charge in [0, 0.05) is 12.8 Å². The summed E-state index contributed by atoms with van der Waals surface area (Å²) in [4.78, 5) is 46.4. The number of hydrogen-bond donors (Lipinski definition) is 29. The second kappa shape index (κ2) is 33.3. The molecule has 0 bridgehead atoms. The molecule has 96 heavy (non-hydrogen) atoms. The Morgan fingerprint density at radius 1 is 0.438 bits per heavy atom. The zero-order valence-electron chi connectivity index (χ0n) is 49.5. The number of rotatable bonds is 28. The zero-order chi connectivity index (χ0) is 71.7. The molecule has 0 aromatic heterocycles. The lowest BCUT2D eigenvalue weighted by atomic mass is 9.89. The maximum atomic E-state index is 13.2. The Morgan fingerprint density at radius 3 is 1.44 bits per heavy atom. The van der Waals surface area contributed by atoms with Gasteiger partial charge in [0.15, 0.2) is 31.5 Å². The molecule has 7 saturated heterocycles. The lowest BCUT2D eigenvalue weighted by Crippen LogP contribution is -2.70. The van der Waals surface area contributed by atoms with Gasteiger partial charge in [-0.1, -0.05) is 0 Å². The second-order valence-electron chi connectivity index (χ2n) is 23.6. The monoisotopic (exact) mass is 1440 g/mol. The van der Waals surface area contributed by atoms with Crippen molar-refractivity contribution in [1.82, 2.24) is 0 Å². The first-order valence-corrected chi connectivity index (χ1v) is 30.8. The molecule has 0 unspecified atom stereocenters. The Bertz CT molecular complexity index is 2510. The van der Waals surface area contributed by atoms with E-state index in [4.69, 9.17) is 66.1 Å². The van der Waals surface area contributed by atoms with Crippen LogP contribution in [0.25, 0.3) is 0 Å². The third-order valence-corrected chi connectivity index (χ3v) is 17.4. The Labute approximate surface area is 538 Å². The average Bonchev–Trinajstić information content (AvgIpc) is 0.750. The third-order valence-electron chi connectivity index (χ3n) is 16.9. The second-order valence-corrected chi connectivity index (χ2v) is 24.8. The summed E-state index contributed by atoms with van der Waals surface area (Å²) in [5.74, 6) is -11.7. The van der Waals surface area contributed by atoms with Crippen LogP contribution in [0.4, 0.5) is 0 Å². The summed E-state index contributed by atoms with van der Waals surface area (Å²) in [5, 5.41) is 291. The van der Waals surface area contributed by atoms with Crippen molar-refractivity contribution in [3.05, 3.63) is 0 Å². The molecular formula is C49H83O46P. The lowest BCUT2D eigenvalue weighted by molar-refractivity contribution is -0.405. The van der Waals surface area contributed by atoms with Crippen molar-refractivity contribution in [2.45, 2.75) is 245 Å². The minimum atomic E-state index is -6.11. The number of phosphoric acid groups is 1. The molecule has 0 radical (unpaired) electrons. The largest absolute Gasteiger partial charge is 0.477 e. The molecule has 0 aromatic carbocycles. The summed E-state index contributed by atoms with van der Waals surface area (Å²) < 4.78 is 90.2. The Hall–Kier alpha value is -2.47. The van der Waals surface area contributed by atoms with Gasteiger partial charge >= 0.3 is 19.8 Å². The van der Waals surface area contributed by atoms with Gasteiger partial charge in [-0.2, -0.15) is 0 Å². The van der Waals surface area contributed by atoms with Gasteiger partial charge in [-0.3, -0.25) is 4.52 Å². The van der Waals surface area contributed by atoms with E-state index in [0.29, 0.717) is 0 Å². The van der Waals surface area contributed by atoms with Crippen LogP contribution in [0.5, 0.6) is 0 Å². The fourth-order valence-corrected chi connectivity index (χ4v) is 12.2. The quantitative estimate of drug-likeness (QED) is 0.0324. The smallest absolute Gasteiger partial charge is 0.470 e. The van der Waals surface area contributed by atoms with Gasteiger partial charge in [-0.05, 0) is 0 Å². The molecule has 7 fully saturated rings. The van der Waals surface area contributed by atoms with Gasteiger partial charge < -0.3 is 209 Å². The predicted octanol–water partition coefficient (Wildman–Crippen LogP) is -18.4. The number of ether oxygens (including phenoxy) is 13. The van der Waals surface area contributed by atoms with Crippen molar-refractivity contribution in [2.24, 2.45) is 0 Å². The van der Waals surface area contributed by atoms with Gasteiger partial charge in [0.25, 0.3) is 11.6 Å². The van der Waals surface area contributed by atoms with Crippen molar-refractivity contribution < 1.29 is 228 Å². The number of carbonyl (C=O) groups is 2. The van der Waals surface area contributed by atoms with Crippen LogP contribution >= 0.6 is 7.82 Å². The minimum absolute atomic E-state index is 0.945. The molecule has 0 spiro atoms. The molecule has 7 heterocycles. The van der Waals surface area contributed by atoms with E-state index >= 15 is 0 Å². The van der Waals surface area contributed by atoms with Gasteiger partial charge in [0.2, 0.25) is 0 Å². The molecule has 47 heteroatoms. The number of phosphoric ester groups is 1. The minimum Gasteiger partial charge on any atom is -0.477 e. The Kier molecular flexibility index (Phi) is 28.1. The van der Waals surface area contributed by atoms with E-state index < -0.39 is 311 Å². The molecule has 0 aromatic rings. The first kappa shape index (κ1) is 80.8. The van der Waals surface area contributed by atoms with E-state index in [2.05, 4.69) is 0 Å². The zero-order valence-corrected chi connectivity index (χ0v) is 50.4. The number of aliphatic hydroxyl groups excluding tert-OH is 24. The van der Waals surface area contributed by atoms with Crippen LogP contribution in [0.3, 0.4) is 0 Å². The van der Waals surface area contributed by atoms with E-state index in [0.717, 1.165) is 0 Å². The summed E-state index contributed by atoms with van der Waals surface area (Å²) in [6.45, 7) is -8.74. The average molecular weight is 1440 g/mol. The van der Waals surface area contributed by atoms with Gasteiger partial charge in [-0.15, -0.1) is 0 Å². The highest BCUT2D eigenvalue weighted by Crippen LogP contribution is 2.46. The first-order chi connectivity index (χ1) is 44.8. The number of carboxylic acid groups (broad SMARTS) is 2. The maximum Gasteiger partial charge on any atom is 0.470 e. The lowest BCUT2D eigenvalue weighted by Gasteiger charge is -2.52. The molecule has 29 N–H and O–H groups in total. The van der Waals surface area contributed by atoms with E-state index in [-0.39, 0.29) is 0 Å². The molecule has 0 aliphatic carbocycles. The molecular weight excluding hydrogens is 1360 g/mol. The Morgan fingerprint density at radius 2 is 0.885 bits per heavy atom. The normalized spacial score (nSPS) is 47.5. The summed E-state index contributed by atoms with van der Waals surface area (Å²) in [5.41, 5.74) is 0. The van der Waals surface area contributed by atoms with E-state index in [1.807, 2.05) is 0 Å². The van der Waals surface area contributed by atoms with Crippen molar-refractivity contribution in [1.29, 1.82) is 0 Å². The third kappa shape index (κ3) is 17.4. The van der Waals surface area contributed by atoms with Crippen LogP contribution in [0.1, 0.15) is 12.8 Å². The number of hydrogen-bond acceptors (Lipinski definition) is 42. The van der Waals surface area contributed by atoms with Crippen LogP contribution in [0.2, 0.25) is 0 Å². The molecule has 7 rings (SSSR count). The van der Waals surface area contributed by atoms with Gasteiger partial charge in [0.05, 0.1) is 58.5 Å². The highest BCUT2D eigenvalue weighted by atomic mass is 31.2. The summed E-state index contributed by atoms with van der Waals surface area (Å²) in [6.07, 6.45) is -88.5. The highest BCUT2D eigenvalue weighted by molar-refractivity contribution is 7.46. The van der Waals surface area contributed by atoms with Crippen molar-refractivity contribution in [2.75, 3.05) is 46.2 Å². The molecule has 560 valence electrons. The number of carboxylic acids is 2. The maximum absolute atomic E-state index is 13.2. The first-order valence-electron chi connectivity index (χ1n) is 29.3. The predicted molar refractivity (Wildman–Crippen MR) is 283 cm³/mol. The highest BCUT2D eigenvalue weighted by Gasteiger charge is 2.64. The fourth-order valence-electron chi connectivity index (χ4n) is 11.6. The van der Waals surface area contributed by atoms with Crippen molar-refractivity contribution >= 4 is 19.8 Å². The summed E-state index contributed by atoms with van der Waals surface area (Å²) >= 11 is 0. The molecule has 38 atom stereocenters. The molecule has 46 nitrogen and oxygen atoms in total. The Balaban J connectivity index is 1.28. The number of aliphatic carboxylic acids is 2. The van der Waals surface area contributed by atoms with Crippen LogP contribution in [-0.4, -0.2) is 438 Å². The topological polar surface area (TPSA) is 767 Å². The SMILES string of the molecule is O=C(O)[C@@]1(O[C@H]2C[C@](O)(C(=O)O)O[C@H]([C@H](O)CO)[C@@H]2O[C@H]2O[C@H]([C@@H](O)CO)[C@@H](OP(=O)(O)O)[C@H](O[C@H]3O[C@H]([C@@H](O)CO[C@H]4O[C@H]([C@@H](O)CO)[C@@H](O)[C@H](O)[C@@H]4O)[C@@H](O)[C@H](O[C@H]4O[C@H](CO[C@H]5O[C@H](CO)[C@H](O)[C@H](O)[C@H]5O)[C@@H](O)[C@H](O)[C@H]4O)[C@@H]3O)[C@@H]2O)C[C@@H](O)[C@@H](O)[C@@H]([C@H](O)CO)O1. The van der Waals surface area contributed by atoms with Crippen LogP contribution in [0, 0.1) is 0 Å². The van der Waals surface area contributed by atoms with Gasteiger partial charge in [0.1, 0.15) is 177 Å². The molecule has 7 aliphatic heterocycles. The number of aliphatic hydroxyl groups is 25. The van der Waals surface area contributed by atoms with Crippen molar-refractivity contribution in [3.63, 3.8) is 0 Å². The molecule has 7 aliphatic rings. The van der Waals surface area contributed by atoms with Gasteiger partial charge in [-0.25, -0.2) is 14.2 Å². The van der Waals surface area contributed by atoms with E-state index in [1.54, 1.807) is 0 Å². The van der Waals surface area contributed by atoms with Crippen LogP contribution < -0.4 is 0 Å². The molecule has 0 saturated carbocycles.